The minimum Gasteiger partial charge on any atom is -0.480 e. The molecule has 0 radical (unpaired) electrons. The summed E-state index contributed by atoms with van der Waals surface area (Å²) >= 11 is 1.48. The van der Waals surface area contributed by atoms with E-state index in [-0.39, 0.29) is 12.3 Å². The highest BCUT2D eigenvalue weighted by Gasteiger charge is 2.32. The zero-order valence-corrected chi connectivity index (χ0v) is 12.8. The number of sulfonamides is 1. The van der Waals surface area contributed by atoms with Gasteiger partial charge in [-0.15, -0.1) is 0 Å². The van der Waals surface area contributed by atoms with E-state index in [9.17, 15) is 18.0 Å². The summed E-state index contributed by atoms with van der Waals surface area (Å²) in [6.45, 7) is 2.25. The van der Waals surface area contributed by atoms with Crippen molar-refractivity contribution < 1.29 is 23.1 Å². The average molecular weight is 325 g/mol. The van der Waals surface area contributed by atoms with Gasteiger partial charge in [0.25, 0.3) is 0 Å². The molecule has 0 aromatic heterocycles. The number of nitrogens with zero attached hydrogens (tertiary/aromatic N) is 1. The van der Waals surface area contributed by atoms with E-state index < -0.39 is 28.1 Å². The molecule has 0 aromatic rings. The standard InChI is InChI=1S/C10H19N3O5S2/c1-2-12-20(17,18)6-3-11-10(16)13-4-5-19-7-8(13)9(14)15/h8,12H,2-7H2,1H3,(H,11,16)(H,14,15). The number of nitrogens with one attached hydrogen (secondary N) is 2. The summed E-state index contributed by atoms with van der Waals surface area (Å²) in [5.74, 6) is -0.259. The van der Waals surface area contributed by atoms with Crippen LogP contribution >= 0.6 is 11.8 Å². The molecule has 10 heteroatoms. The van der Waals surface area contributed by atoms with Crippen LogP contribution in [0.5, 0.6) is 0 Å². The van der Waals surface area contributed by atoms with Gasteiger partial charge in [-0.2, -0.15) is 11.8 Å². The van der Waals surface area contributed by atoms with Crippen molar-refractivity contribution in [2.24, 2.45) is 0 Å². The number of carboxylic acids is 1. The molecule has 116 valence electrons. The lowest BCUT2D eigenvalue weighted by molar-refractivity contribution is -0.141. The van der Waals surface area contributed by atoms with Crippen molar-refractivity contribution in [1.29, 1.82) is 0 Å². The Morgan fingerprint density at radius 2 is 2.15 bits per heavy atom. The van der Waals surface area contributed by atoms with Gasteiger partial charge in [0.1, 0.15) is 6.04 Å². The molecule has 0 aliphatic carbocycles. The van der Waals surface area contributed by atoms with Crippen molar-refractivity contribution >= 4 is 33.8 Å². The third kappa shape index (κ3) is 5.17. The molecule has 0 aromatic carbocycles. The fourth-order valence-corrected chi connectivity index (χ4v) is 3.73. The molecule has 0 bridgehead atoms. The van der Waals surface area contributed by atoms with Crippen LogP contribution in [-0.2, 0) is 14.8 Å². The van der Waals surface area contributed by atoms with Gasteiger partial charge in [-0.3, -0.25) is 0 Å². The SMILES string of the molecule is CCNS(=O)(=O)CCNC(=O)N1CCSCC1C(=O)O. The molecule has 1 saturated heterocycles. The lowest BCUT2D eigenvalue weighted by Crippen LogP contribution is -2.54. The first-order valence-electron chi connectivity index (χ1n) is 6.19. The lowest BCUT2D eigenvalue weighted by atomic mass is 10.3. The maximum atomic E-state index is 11.9. The number of carboxylic acid groups (broad SMARTS) is 1. The van der Waals surface area contributed by atoms with Gasteiger partial charge < -0.3 is 15.3 Å². The molecule has 1 fully saturated rings. The van der Waals surface area contributed by atoms with Crippen LogP contribution in [0, 0.1) is 0 Å². The second-order valence-electron chi connectivity index (χ2n) is 4.17. The first-order valence-corrected chi connectivity index (χ1v) is 9.00. The largest absolute Gasteiger partial charge is 0.480 e. The van der Waals surface area contributed by atoms with Gasteiger partial charge in [-0.05, 0) is 0 Å². The fraction of sp³-hybridized carbons (Fsp3) is 0.800. The molecule has 1 unspecified atom stereocenters. The number of amides is 2. The van der Waals surface area contributed by atoms with Crippen molar-refractivity contribution in [1.82, 2.24) is 14.9 Å². The molecule has 1 aliphatic heterocycles. The Hall–Kier alpha value is -1.00. The second kappa shape index (κ2) is 7.70. The second-order valence-corrected chi connectivity index (χ2v) is 7.25. The van der Waals surface area contributed by atoms with Gasteiger partial charge in [0, 0.05) is 31.1 Å². The summed E-state index contributed by atoms with van der Waals surface area (Å²) in [4.78, 5) is 24.2. The molecule has 1 aliphatic rings. The molecule has 0 spiro atoms. The number of carbonyl (C=O) groups is 2. The zero-order valence-electron chi connectivity index (χ0n) is 11.2. The molecule has 2 amide bonds. The monoisotopic (exact) mass is 325 g/mol. The van der Waals surface area contributed by atoms with E-state index in [0.29, 0.717) is 24.6 Å². The maximum Gasteiger partial charge on any atom is 0.327 e. The van der Waals surface area contributed by atoms with E-state index >= 15 is 0 Å². The highest BCUT2D eigenvalue weighted by molar-refractivity contribution is 7.99. The van der Waals surface area contributed by atoms with Gasteiger partial charge in [0.15, 0.2) is 0 Å². The number of urea groups is 1. The van der Waals surface area contributed by atoms with E-state index in [0.717, 1.165) is 0 Å². The van der Waals surface area contributed by atoms with Gasteiger partial charge in [-0.25, -0.2) is 22.7 Å². The average Bonchev–Trinajstić information content (AvgIpc) is 2.38. The number of carbonyl (C=O) groups excluding carboxylic acids is 1. The number of hydrogen-bond acceptors (Lipinski definition) is 5. The van der Waals surface area contributed by atoms with Crippen LogP contribution in [-0.4, -0.2) is 73.4 Å². The fourth-order valence-electron chi connectivity index (χ4n) is 1.74. The van der Waals surface area contributed by atoms with Crippen LogP contribution in [0.25, 0.3) is 0 Å². The van der Waals surface area contributed by atoms with E-state index in [1.807, 2.05) is 0 Å². The summed E-state index contributed by atoms with van der Waals surface area (Å²) in [6.07, 6.45) is 0. The molecule has 3 N–H and O–H groups in total. The Morgan fingerprint density at radius 1 is 1.45 bits per heavy atom. The topological polar surface area (TPSA) is 116 Å². The van der Waals surface area contributed by atoms with Crippen molar-refractivity contribution in [2.75, 3.05) is 36.9 Å². The lowest BCUT2D eigenvalue weighted by Gasteiger charge is -2.32. The molecular weight excluding hydrogens is 306 g/mol. The van der Waals surface area contributed by atoms with Crippen LogP contribution in [0.2, 0.25) is 0 Å². The quantitative estimate of drug-likeness (QED) is 0.585. The van der Waals surface area contributed by atoms with Crippen LogP contribution < -0.4 is 10.0 Å². The Bertz CT molecular complexity index is 454. The smallest absolute Gasteiger partial charge is 0.327 e. The minimum absolute atomic E-state index is 0.0514. The molecule has 1 atom stereocenters. The van der Waals surface area contributed by atoms with Crippen molar-refractivity contribution in [2.45, 2.75) is 13.0 Å². The van der Waals surface area contributed by atoms with Gasteiger partial charge in [-0.1, -0.05) is 6.92 Å². The van der Waals surface area contributed by atoms with Crippen LogP contribution in [0.4, 0.5) is 4.79 Å². The van der Waals surface area contributed by atoms with Crippen molar-refractivity contribution in [3.05, 3.63) is 0 Å². The van der Waals surface area contributed by atoms with E-state index in [1.54, 1.807) is 6.92 Å². The highest BCUT2D eigenvalue weighted by atomic mass is 32.2. The van der Waals surface area contributed by atoms with E-state index in [4.69, 9.17) is 5.11 Å². The number of aliphatic carboxylic acids is 1. The van der Waals surface area contributed by atoms with Crippen molar-refractivity contribution in [3.8, 4) is 0 Å². The predicted octanol–water partition coefficient (Wildman–Crippen LogP) is -0.863. The van der Waals surface area contributed by atoms with Crippen molar-refractivity contribution in [3.63, 3.8) is 0 Å². The molecule has 20 heavy (non-hydrogen) atoms. The van der Waals surface area contributed by atoms with Crippen LogP contribution in [0.3, 0.4) is 0 Å². The van der Waals surface area contributed by atoms with E-state index in [1.165, 1.54) is 16.7 Å². The van der Waals surface area contributed by atoms with E-state index in [2.05, 4.69) is 10.0 Å². The zero-order chi connectivity index (χ0) is 15.2. The van der Waals surface area contributed by atoms with Gasteiger partial charge >= 0.3 is 12.0 Å². The maximum absolute atomic E-state index is 11.9. The predicted molar refractivity (Wildman–Crippen MR) is 76.3 cm³/mol. The molecule has 1 heterocycles. The molecular formula is C10H19N3O5S2. The summed E-state index contributed by atoms with van der Waals surface area (Å²) in [5.41, 5.74) is 0. The molecule has 8 nitrogen and oxygen atoms in total. The summed E-state index contributed by atoms with van der Waals surface area (Å²) in [7, 11) is -3.39. The number of rotatable bonds is 6. The summed E-state index contributed by atoms with van der Waals surface area (Å²) < 4.78 is 25.1. The third-order valence-corrected chi connectivity index (χ3v) is 5.18. The third-order valence-electron chi connectivity index (χ3n) is 2.69. The molecule has 0 saturated carbocycles. The molecule has 1 rings (SSSR count). The minimum atomic E-state index is -3.39. The summed E-state index contributed by atoms with van der Waals surface area (Å²) in [5, 5.41) is 11.5. The first kappa shape index (κ1) is 17.1. The van der Waals surface area contributed by atoms with Gasteiger partial charge in [0.2, 0.25) is 10.0 Å². The van der Waals surface area contributed by atoms with Gasteiger partial charge in [0.05, 0.1) is 5.75 Å². The van der Waals surface area contributed by atoms with Crippen LogP contribution in [0.1, 0.15) is 6.92 Å². The number of hydrogen-bond donors (Lipinski definition) is 3. The summed E-state index contributed by atoms with van der Waals surface area (Å²) in [6, 6.07) is -1.40. The first-order chi connectivity index (χ1) is 9.37. The highest BCUT2D eigenvalue weighted by Crippen LogP contribution is 2.16. The Balaban J connectivity index is 2.47. The Morgan fingerprint density at radius 3 is 2.75 bits per heavy atom. The van der Waals surface area contributed by atoms with Crippen LogP contribution in [0.15, 0.2) is 0 Å². The number of thioether (sulfide) groups is 1. The Labute approximate surface area is 122 Å². The normalized spacial score (nSPS) is 19.6. The Kier molecular flexibility index (Phi) is 6.56.